The van der Waals surface area contributed by atoms with Crippen LogP contribution in [0.5, 0.6) is 0 Å². The van der Waals surface area contributed by atoms with Gasteiger partial charge in [-0.05, 0) is 19.3 Å². The largest absolute Gasteiger partial charge is 0.359 e. The van der Waals surface area contributed by atoms with E-state index in [2.05, 4.69) is 19.9 Å². The molecule has 0 amide bonds. The number of allylic oxidation sites excluding steroid dienone is 1. The van der Waals surface area contributed by atoms with Gasteiger partial charge in [-0.15, -0.1) is 0 Å². The quantitative estimate of drug-likeness (QED) is 0.368. The van der Waals surface area contributed by atoms with Crippen LogP contribution in [0.25, 0.3) is 0 Å². The molecule has 0 aromatic rings. The van der Waals surface area contributed by atoms with E-state index in [4.69, 9.17) is 5.41 Å². The minimum atomic E-state index is 0.720. The predicted octanol–water partition coefficient (Wildman–Crippen LogP) is 2.52. The van der Waals surface area contributed by atoms with Gasteiger partial charge in [0.1, 0.15) is 0 Å². The lowest BCUT2D eigenvalue weighted by atomic mass is 10.1. The summed E-state index contributed by atoms with van der Waals surface area (Å²) in [5.41, 5.74) is 0. The van der Waals surface area contributed by atoms with E-state index in [0.717, 1.165) is 25.4 Å². The molecular weight excluding hydrogens is 148 g/mol. The molecule has 0 rings (SSSR count). The Bertz CT molecular complexity index is 139. The zero-order valence-corrected chi connectivity index (χ0v) is 8.38. The van der Waals surface area contributed by atoms with Gasteiger partial charge in [0.25, 0.3) is 0 Å². The Morgan fingerprint density at radius 2 is 2.08 bits per heavy atom. The van der Waals surface area contributed by atoms with Crippen LogP contribution in [-0.4, -0.2) is 24.3 Å². The highest BCUT2D eigenvalue weighted by Crippen LogP contribution is 2.00. The number of nitrogens with one attached hydrogen (secondary N) is 1. The van der Waals surface area contributed by atoms with Crippen molar-refractivity contribution in [1.82, 2.24) is 4.90 Å². The van der Waals surface area contributed by atoms with Crippen molar-refractivity contribution in [2.24, 2.45) is 5.92 Å². The van der Waals surface area contributed by atoms with Crippen LogP contribution < -0.4 is 0 Å². The van der Waals surface area contributed by atoms with Crippen molar-refractivity contribution in [2.75, 3.05) is 13.1 Å². The Morgan fingerprint density at radius 3 is 2.50 bits per heavy atom. The average Bonchev–Trinajstić information content (AvgIpc) is 2.05. The smallest absolute Gasteiger partial charge is 0.0820 e. The molecule has 0 radical (unpaired) electrons. The molecule has 0 aliphatic rings. The Balaban J connectivity index is 3.60. The van der Waals surface area contributed by atoms with Crippen LogP contribution in [-0.2, 0) is 0 Å². The van der Waals surface area contributed by atoms with Gasteiger partial charge in [0.05, 0.1) is 6.34 Å². The lowest BCUT2D eigenvalue weighted by molar-refractivity contribution is 0.417. The molecule has 70 valence electrons. The number of hydrogen-bond donors (Lipinski definition) is 1. The molecule has 0 aliphatic carbocycles. The van der Waals surface area contributed by atoms with Crippen molar-refractivity contribution in [1.29, 1.82) is 5.41 Å². The third-order valence-electron chi connectivity index (χ3n) is 1.75. The van der Waals surface area contributed by atoms with Gasteiger partial charge >= 0.3 is 0 Å². The fourth-order valence-corrected chi connectivity index (χ4v) is 0.873. The molecule has 0 saturated heterocycles. The van der Waals surface area contributed by atoms with Crippen molar-refractivity contribution in [3.63, 3.8) is 0 Å². The van der Waals surface area contributed by atoms with Crippen molar-refractivity contribution < 1.29 is 0 Å². The fraction of sp³-hybridized carbons (Fsp3) is 0.700. The molecule has 0 saturated carbocycles. The van der Waals surface area contributed by atoms with Gasteiger partial charge in [0, 0.05) is 13.1 Å². The molecule has 0 fully saturated rings. The van der Waals surface area contributed by atoms with Crippen molar-refractivity contribution in [3.05, 3.63) is 12.2 Å². The number of nitrogens with zero attached hydrogens (tertiary/aromatic N) is 1. The highest BCUT2D eigenvalue weighted by Gasteiger charge is 1.98. The second kappa shape index (κ2) is 6.89. The maximum atomic E-state index is 7.15. The third kappa shape index (κ3) is 5.96. The van der Waals surface area contributed by atoms with Crippen LogP contribution in [0.15, 0.2) is 12.2 Å². The second-order valence-electron chi connectivity index (χ2n) is 3.38. The molecule has 0 aromatic carbocycles. The Kier molecular flexibility index (Phi) is 6.44. The van der Waals surface area contributed by atoms with E-state index < -0.39 is 0 Å². The zero-order chi connectivity index (χ0) is 9.40. The molecule has 2 nitrogen and oxygen atoms in total. The van der Waals surface area contributed by atoms with Crippen LogP contribution in [0.3, 0.4) is 0 Å². The molecule has 0 aliphatic heterocycles. The summed E-state index contributed by atoms with van der Waals surface area (Å²) in [6, 6.07) is 0. The summed E-state index contributed by atoms with van der Waals surface area (Å²) < 4.78 is 0. The van der Waals surface area contributed by atoms with Crippen LogP contribution in [0.1, 0.15) is 27.2 Å². The molecule has 0 atom stereocenters. The molecule has 0 unspecified atom stereocenters. The van der Waals surface area contributed by atoms with Crippen LogP contribution >= 0.6 is 0 Å². The lowest BCUT2D eigenvalue weighted by Gasteiger charge is -2.17. The topological polar surface area (TPSA) is 27.1 Å². The first-order valence-corrected chi connectivity index (χ1v) is 4.56. The number of hydrogen-bond acceptors (Lipinski definition) is 1. The Labute approximate surface area is 75.8 Å². The van der Waals surface area contributed by atoms with E-state index in [1.54, 1.807) is 0 Å². The predicted molar refractivity (Wildman–Crippen MR) is 54.6 cm³/mol. The molecule has 0 aromatic heterocycles. The van der Waals surface area contributed by atoms with Gasteiger partial charge in [0.15, 0.2) is 0 Å². The van der Waals surface area contributed by atoms with Crippen LogP contribution in [0.4, 0.5) is 0 Å². The van der Waals surface area contributed by atoms with Gasteiger partial charge in [-0.2, -0.15) is 0 Å². The Morgan fingerprint density at radius 1 is 1.42 bits per heavy atom. The SMILES string of the molecule is C/C=C\CN(C=N)CCC(C)C. The Hall–Kier alpha value is -0.790. The highest BCUT2D eigenvalue weighted by molar-refractivity contribution is 5.50. The second-order valence-corrected chi connectivity index (χ2v) is 3.38. The summed E-state index contributed by atoms with van der Waals surface area (Å²) in [6.45, 7) is 8.28. The summed E-state index contributed by atoms with van der Waals surface area (Å²) in [4.78, 5) is 2.01. The molecule has 0 spiro atoms. The molecule has 2 heteroatoms. The maximum Gasteiger partial charge on any atom is 0.0820 e. The molecule has 12 heavy (non-hydrogen) atoms. The highest BCUT2D eigenvalue weighted by atomic mass is 15.1. The average molecular weight is 168 g/mol. The van der Waals surface area contributed by atoms with E-state index in [9.17, 15) is 0 Å². The van der Waals surface area contributed by atoms with Gasteiger partial charge in [-0.25, -0.2) is 0 Å². The third-order valence-corrected chi connectivity index (χ3v) is 1.75. The molecule has 0 heterocycles. The first kappa shape index (κ1) is 11.2. The van der Waals surface area contributed by atoms with Crippen LogP contribution in [0.2, 0.25) is 0 Å². The summed E-state index contributed by atoms with van der Waals surface area (Å²) in [6.07, 6.45) is 6.67. The van der Waals surface area contributed by atoms with Gasteiger partial charge in [0.2, 0.25) is 0 Å². The van der Waals surface area contributed by atoms with Crippen molar-refractivity contribution >= 4 is 6.34 Å². The van der Waals surface area contributed by atoms with Gasteiger partial charge in [-0.1, -0.05) is 26.0 Å². The minimum Gasteiger partial charge on any atom is -0.359 e. The maximum absolute atomic E-state index is 7.15. The molecular formula is C10H20N2. The first-order valence-electron chi connectivity index (χ1n) is 4.56. The molecule has 1 N–H and O–H groups in total. The monoisotopic (exact) mass is 168 g/mol. The standard InChI is InChI=1S/C10H20N2/c1-4-5-7-12(9-11)8-6-10(2)3/h4-5,9-11H,6-8H2,1-3H3/b5-4-,11-9?. The summed E-state index contributed by atoms with van der Waals surface area (Å²) in [5.74, 6) is 0.720. The van der Waals surface area contributed by atoms with Crippen molar-refractivity contribution in [2.45, 2.75) is 27.2 Å². The van der Waals surface area contributed by atoms with E-state index >= 15 is 0 Å². The summed E-state index contributed by atoms with van der Waals surface area (Å²) >= 11 is 0. The van der Waals surface area contributed by atoms with Crippen LogP contribution in [0, 0.1) is 11.3 Å². The fourth-order valence-electron chi connectivity index (χ4n) is 0.873. The first-order chi connectivity index (χ1) is 5.70. The zero-order valence-electron chi connectivity index (χ0n) is 8.38. The van der Waals surface area contributed by atoms with E-state index in [-0.39, 0.29) is 0 Å². The number of rotatable bonds is 6. The normalized spacial score (nSPS) is 11.0. The van der Waals surface area contributed by atoms with E-state index in [0.29, 0.717) is 0 Å². The summed E-state index contributed by atoms with van der Waals surface area (Å²) in [7, 11) is 0. The van der Waals surface area contributed by atoms with E-state index in [1.807, 2.05) is 17.9 Å². The minimum absolute atomic E-state index is 0.720. The van der Waals surface area contributed by atoms with Gasteiger partial charge in [-0.3, -0.25) is 5.41 Å². The molecule has 0 bridgehead atoms. The lowest BCUT2D eigenvalue weighted by Crippen LogP contribution is -2.23. The van der Waals surface area contributed by atoms with Gasteiger partial charge < -0.3 is 4.90 Å². The van der Waals surface area contributed by atoms with E-state index in [1.165, 1.54) is 6.34 Å². The van der Waals surface area contributed by atoms with Crippen molar-refractivity contribution in [3.8, 4) is 0 Å². The summed E-state index contributed by atoms with van der Waals surface area (Å²) in [5, 5.41) is 7.15.